The van der Waals surface area contributed by atoms with Crippen LogP contribution in [0.5, 0.6) is 11.5 Å². The van der Waals surface area contributed by atoms with Crippen molar-refractivity contribution in [3.63, 3.8) is 0 Å². The molecule has 6 aromatic rings. The Morgan fingerprint density at radius 3 is 2.08 bits per heavy atom. The Morgan fingerprint density at radius 2 is 1.41 bits per heavy atom. The predicted molar refractivity (Wildman–Crippen MR) is 194 cm³/mol. The van der Waals surface area contributed by atoms with E-state index in [-0.39, 0.29) is 24.2 Å². The number of ether oxygens (including phenoxy) is 2. The first kappa shape index (κ1) is 31.8. The van der Waals surface area contributed by atoms with E-state index in [0.717, 1.165) is 44.5 Å². The van der Waals surface area contributed by atoms with Crippen molar-refractivity contribution in [3.8, 4) is 22.8 Å². The molecule has 0 saturated carbocycles. The normalized spacial score (nSPS) is 16.7. The maximum absolute atomic E-state index is 14.5. The number of anilines is 1. The molecule has 2 amide bonds. The van der Waals surface area contributed by atoms with Gasteiger partial charge in [0.1, 0.15) is 11.5 Å². The Bertz CT molecular complexity index is 2040. The summed E-state index contributed by atoms with van der Waals surface area (Å²) in [6, 6.07) is 43.6. The van der Waals surface area contributed by atoms with Gasteiger partial charge in [-0.05, 0) is 71.1 Å². The second kappa shape index (κ2) is 14.1. The highest BCUT2D eigenvalue weighted by Crippen LogP contribution is 2.42. The number of carbonyl (C=O) groups is 2. The highest BCUT2D eigenvalue weighted by Gasteiger charge is 2.41. The largest absolute Gasteiger partial charge is 0.497 e. The molecule has 0 spiro atoms. The number of amides is 2. The average molecular weight is 650 g/mol. The van der Waals surface area contributed by atoms with Crippen LogP contribution in [0.15, 0.2) is 133 Å². The Morgan fingerprint density at radius 1 is 0.796 bits per heavy atom. The molecule has 2 heterocycles. The minimum Gasteiger partial charge on any atom is -0.497 e. The van der Waals surface area contributed by atoms with Gasteiger partial charge in [0.25, 0.3) is 0 Å². The fourth-order valence-electron chi connectivity index (χ4n) is 7.16. The second-order valence-corrected chi connectivity index (χ2v) is 12.4. The predicted octanol–water partition coefficient (Wildman–Crippen LogP) is 8.28. The molecule has 246 valence electrons. The second-order valence-electron chi connectivity index (χ2n) is 12.4. The van der Waals surface area contributed by atoms with Crippen LogP contribution in [0.1, 0.15) is 41.5 Å². The van der Waals surface area contributed by atoms with E-state index >= 15 is 0 Å². The molecule has 0 radical (unpaired) electrons. The van der Waals surface area contributed by atoms with Crippen LogP contribution in [0.3, 0.4) is 0 Å². The number of benzene rings is 5. The number of para-hydroxylation sites is 1. The first-order valence-corrected chi connectivity index (χ1v) is 16.6. The number of hydrogen-bond acceptors (Lipinski definition) is 4. The molecule has 7 rings (SSSR count). The number of hydrogen-bond donors (Lipinski definition) is 2. The van der Waals surface area contributed by atoms with E-state index in [1.807, 2.05) is 91.0 Å². The summed E-state index contributed by atoms with van der Waals surface area (Å²) in [4.78, 5) is 33.6. The molecule has 0 aliphatic carbocycles. The van der Waals surface area contributed by atoms with Crippen LogP contribution < -0.4 is 19.7 Å². The summed E-state index contributed by atoms with van der Waals surface area (Å²) < 4.78 is 10.8. The van der Waals surface area contributed by atoms with Crippen LogP contribution in [0, 0.1) is 5.92 Å². The molecular weight excluding hydrogens is 610 g/mol. The van der Waals surface area contributed by atoms with Crippen LogP contribution in [0.2, 0.25) is 0 Å². The lowest BCUT2D eigenvalue weighted by atomic mass is 9.82. The maximum Gasteiger partial charge on any atom is 0.227 e. The van der Waals surface area contributed by atoms with E-state index in [1.54, 1.807) is 19.1 Å². The fourth-order valence-corrected chi connectivity index (χ4v) is 7.16. The van der Waals surface area contributed by atoms with E-state index in [2.05, 4.69) is 52.8 Å². The number of methoxy groups -OCH3 is 2. The third-order valence-electron chi connectivity index (χ3n) is 9.58. The Hall–Kier alpha value is -5.82. The summed E-state index contributed by atoms with van der Waals surface area (Å²) in [5.74, 6) is 0.668. The lowest BCUT2D eigenvalue weighted by Crippen LogP contribution is -2.48. The first-order valence-electron chi connectivity index (χ1n) is 16.6. The van der Waals surface area contributed by atoms with Crippen molar-refractivity contribution < 1.29 is 19.1 Å². The van der Waals surface area contributed by atoms with Gasteiger partial charge in [-0.25, -0.2) is 0 Å². The number of aromatic amines is 1. The average Bonchev–Trinajstić information content (AvgIpc) is 3.55. The van der Waals surface area contributed by atoms with Gasteiger partial charge in [-0.15, -0.1) is 0 Å². The summed E-state index contributed by atoms with van der Waals surface area (Å²) in [5.41, 5.74) is 7.00. The van der Waals surface area contributed by atoms with Crippen molar-refractivity contribution in [2.75, 3.05) is 25.7 Å². The van der Waals surface area contributed by atoms with E-state index in [4.69, 9.17) is 9.47 Å². The number of fused-ring (bicyclic) bond motifs is 1. The summed E-state index contributed by atoms with van der Waals surface area (Å²) >= 11 is 0. The molecule has 7 heteroatoms. The van der Waals surface area contributed by atoms with Crippen molar-refractivity contribution in [1.29, 1.82) is 0 Å². The number of nitrogens with one attached hydrogen (secondary N) is 2. The third kappa shape index (κ3) is 6.40. The molecule has 3 unspecified atom stereocenters. The number of piperidine rings is 1. The van der Waals surface area contributed by atoms with Gasteiger partial charge in [-0.3, -0.25) is 9.59 Å². The lowest BCUT2D eigenvalue weighted by Gasteiger charge is -2.41. The maximum atomic E-state index is 14.5. The molecular formula is C42H39N3O4. The van der Waals surface area contributed by atoms with Crippen molar-refractivity contribution in [1.82, 2.24) is 10.3 Å². The Balaban J connectivity index is 1.26. The monoisotopic (exact) mass is 649 g/mol. The van der Waals surface area contributed by atoms with E-state index in [9.17, 15) is 9.59 Å². The molecule has 1 saturated heterocycles. The minimum atomic E-state index is -0.510. The van der Waals surface area contributed by atoms with Crippen LogP contribution >= 0.6 is 0 Å². The zero-order valence-corrected chi connectivity index (χ0v) is 27.6. The van der Waals surface area contributed by atoms with Gasteiger partial charge < -0.3 is 24.7 Å². The molecule has 5 aromatic carbocycles. The molecule has 1 aliphatic rings. The third-order valence-corrected chi connectivity index (χ3v) is 9.58. The van der Waals surface area contributed by atoms with Gasteiger partial charge >= 0.3 is 0 Å². The minimum absolute atomic E-state index is 0.0245. The molecule has 0 bridgehead atoms. The van der Waals surface area contributed by atoms with Gasteiger partial charge in [0.05, 0.1) is 31.9 Å². The number of nitrogens with zero attached hydrogens (tertiary/aromatic N) is 1. The zero-order valence-electron chi connectivity index (χ0n) is 27.6. The summed E-state index contributed by atoms with van der Waals surface area (Å²) in [5, 5.41) is 4.49. The van der Waals surface area contributed by atoms with Crippen molar-refractivity contribution in [2.45, 2.75) is 24.8 Å². The van der Waals surface area contributed by atoms with Gasteiger partial charge in [0, 0.05) is 35.5 Å². The number of carbonyl (C=O) groups excluding carboxylic acids is 2. The van der Waals surface area contributed by atoms with E-state index < -0.39 is 12.0 Å². The van der Waals surface area contributed by atoms with Gasteiger partial charge in [0.2, 0.25) is 11.8 Å². The van der Waals surface area contributed by atoms with Crippen molar-refractivity contribution in [3.05, 3.63) is 150 Å². The molecule has 1 aliphatic heterocycles. The molecule has 3 atom stereocenters. The van der Waals surface area contributed by atoms with Crippen LogP contribution in [0.25, 0.3) is 22.2 Å². The topological polar surface area (TPSA) is 83.7 Å². The van der Waals surface area contributed by atoms with Gasteiger partial charge in [0.15, 0.2) is 0 Å². The number of aromatic nitrogens is 1. The van der Waals surface area contributed by atoms with E-state index in [0.29, 0.717) is 24.5 Å². The fraction of sp³-hybridized carbons (Fsp3) is 0.190. The van der Waals surface area contributed by atoms with Crippen molar-refractivity contribution in [2.24, 2.45) is 5.92 Å². The standard InChI is InChI=1S/C42H39N3O4/c1-48-32-21-17-30(18-22-32)41-35(25-26-38(46)45(41)31-19-23-33(49-2)24-20-31)42(47)43-27-36(28-11-5-3-6-12-28)39-34-15-9-10-16-37(34)44-40(39)29-13-7-4-8-14-29/h3-24,35-36,41,44H,25-27H2,1-2H3,(H,43,47). The highest BCUT2D eigenvalue weighted by molar-refractivity contribution is 5.98. The Kier molecular flexibility index (Phi) is 9.15. The lowest BCUT2D eigenvalue weighted by molar-refractivity contribution is -0.129. The first-order chi connectivity index (χ1) is 24.1. The van der Waals surface area contributed by atoms with Crippen molar-refractivity contribution >= 4 is 28.4 Å². The van der Waals surface area contributed by atoms with Gasteiger partial charge in [-0.2, -0.15) is 0 Å². The zero-order chi connectivity index (χ0) is 33.7. The quantitative estimate of drug-likeness (QED) is 0.156. The molecule has 1 fully saturated rings. The molecule has 1 aromatic heterocycles. The molecule has 7 nitrogen and oxygen atoms in total. The van der Waals surface area contributed by atoms with Gasteiger partial charge in [-0.1, -0.05) is 91.0 Å². The number of rotatable bonds is 10. The summed E-state index contributed by atoms with van der Waals surface area (Å²) in [7, 11) is 3.24. The Labute approximate surface area is 286 Å². The van der Waals surface area contributed by atoms with E-state index in [1.165, 1.54) is 0 Å². The molecule has 49 heavy (non-hydrogen) atoms. The SMILES string of the molecule is COc1ccc(C2C(C(=O)NCC(c3ccccc3)c3c(-c4ccccc4)[nH]c4ccccc34)CCC(=O)N2c2ccc(OC)cc2)cc1. The smallest absolute Gasteiger partial charge is 0.227 e. The van der Waals surface area contributed by atoms with Crippen LogP contribution in [-0.2, 0) is 9.59 Å². The molecule has 2 N–H and O–H groups in total. The number of H-pyrrole nitrogens is 1. The van der Waals surface area contributed by atoms with Crippen LogP contribution in [0.4, 0.5) is 5.69 Å². The summed E-state index contributed by atoms with van der Waals surface area (Å²) in [6.07, 6.45) is 0.700. The van der Waals surface area contributed by atoms with Crippen LogP contribution in [-0.4, -0.2) is 37.6 Å². The summed E-state index contributed by atoms with van der Waals surface area (Å²) in [6.45, 7) is 0.382. The highest BCUT2D eigenvalue weighted by atomic mass is 16.5.